The topological polar surface area (TPSA) is 38.7 Å². The zero-order valence-electron chi connectivity index (χ0n) is 24.5. The molecule has 0 fully saturated rings. The lowest BCUT2D eigenvalue weighted by molar-refractivity contribution is 1.08. The molecule has 0 saturated carbocycles. The summed E-state index contributed by atoms with van der Waals surface area (Å²) in [7, 11) is 0. The van der Waals surface area contributed by atoms with Crippen LogP contribution < -0.4 is 0 Å². The molecule has 0 aliphatic rings. The summed E-state index contributed by atoms with van der Waals surface area (Å²) < 4.78 is 43.5. The predicted octanol–water partition coefficient (Wildman–Crippen LogP) is 8.91. The summed E-state index contributed by atoms with van der Waals surface area (Å²) in [5.41, 5.74) is 3.38. The van der Waals surface area contributed by atoms with Gasteiger partial charge in [0.25, 0.3) is 0 Å². The predicted molar refractivity (Wildman–Crippen MR) is 154 cm³/mol. The first-order valence-electron chi connectivity index (χ1n) is 14.3. The van der Waals surface area contributed by atoms with Gasteiger partial charge in [-0.15, -0.1) is 11.3 Å². The number of fused-ring (bicyclic) bond motifs is 3. The molecule has 0 unspecified atom stereocenters. The summed E-state index contributed by atoms with van der Waals surface area (Å²) in [4.78, 5) is 14.6. The molecule has 5 aromatic carbocycles. The molecule has 2 aromatic heterocycles. The van der Waals surface area contributed by atoms with E-state index in [1.165, 1.54) is 0 Å². The van der Waals surface area contributed by atoms with Crippen molar-refractivity contribution in [3.63, 3.8) is 0 Å². The van der Waals surface area contributed by atoms with Crippen LogP contribution in [-0.4, -0.2) is 15.0 Å². The van der Waals surface area contributed by atoms with Gasteiger partial charge in [0, 0.05) is 36.9 Å². The maximum absolute atomic E-state index is 8.60. The SMILES string of the molecule is [2H]c1c([2H])c([2H])c(-c2cccc3sc4c(-c5nc(-c6ccccc6)nc(-c6ccccc6)n5)cccc4c23)c([2H])c1[2H]. The largest absolute Gasteiger partial charge is 0.208 e. The summed E-state index contributed by atoms with van der Waals surface area (Å²) in [6.45, 7) is 0. The highest BCUT2D eigenvalue weighted by molar-refractivity contribution is 7.26. The van der Waals surface area contributed by atoms with E-state index < -0.39 is 6.04 Å². The van der Waals surface area contributed by atoms with Crippen molar-refractivity contribution in [2.24, 2.45) is 0 Å². The summed E-state index contributed by atoms with van der Waals surface area (Å²) in [5.74, 6) is 1.67. The molecule has 7 rings (SSSR count). The molecule has 2 heterocycles. The van der Waals surface area contributed by atoms with E-state index in [9.17, 15) is 0 Å². The van der Waals surface area contributed by atoms with E-state index in [2.05, 4.69) is 0 Å². The molecule has 174 valence electrons. The van der Waals surface area contributed by atoms with Gasteiger partial charge < -0.3 is 0 Å². The first-order valence-corrected chi connectivity index (χ1v) is 12.6. The highest BCUT2D eigenvalue weighted by Gasteiger charge is 2.17. The van der Waals surface area contributed by atoms with Gasteiger partial charge in [0.15, 0.2) is 17.5 Å². The Bertz CT molecular complexity index is 2060. The van der Waals surface area contributed by atoms with Gasteiger partial charge in [0.05, 0.1) is 6.85 Å². The smallest absolute Gasteiger partial charge is 0.165 e. The Hall–Kier alpha value is -4.67. The summed E-state index contributed by atoms with van der Waals surface area (Å²) in [6.07, 6.45) is 0. The van der Waals surface area contributed by atoms with Gasteiger partial charge in [-0.2, -0.15) is 0 Å². The Kier molecular flexibility index (Phi) is 4.15. The minimum Gasteiger partial charge on any atom is -0.208 e. The van der Waals surface area contributed by atoms with Gasteiger partial charge in [0.2, 0.25) is 0 Å². The Morgan fingerprint density at radius 3 is 1.78 bits per heavy atom. The zero-order chi connectivity index (χ0) is 29.0. The van der Waals surface area contributed by atoms with Crippen molar-refractivity contribution in [2.75, 3.05) is 0 Å². The minimum absolute atomic E-state index is 0.189. The lowest BCUT2D eigenvalue weighted by Crippen LogP contribution is -2.00. The van der Waals surface area contributed by atoms with Crippen LogP contribution in [0.15, 0.2) is 127 Å². The second-order valence-corrected chi connectivity index (χ2v) is 9.55. The number of aromatic nitrogens is 3. The van der Waals surface area contributed by atoms with Crippen LogP contribution in [0.25, 0.3) is 65.5 Å². The maximum atomic E-state index is 8.60. The van der Waals surface area contributed by atoms with Crippen LogP contribution in [0.4, 0.5) is 0 Å². The van der Waals surface area contributed by atoms with Crippen molar-refractivity contribution in [1.29, 1.82) is 0 Å². The van der Waals surface area contributed by atoms with Gasteiger partial charge in [0.1, 0.15) is 0 Å². The first kappa shape index (κ1) is 16.9. The molecule has 7 aromatic rings. The monoisotopic (exact) mass is 496 g/mol. The van der Waals surface area contributed by atoms with Gasteiger partial charge in [-0.25, -0.2) is 15.0 Å². The van der Waals surface area contributed by atoms with Crippen LogP contribution in [0.3, 0.4) is 0 Å². The van der Waals surface area contributed by atoms with Crippen LogP contribution in [0, 0.1) is 0 Å². The second-order valence-electron chi connectivity index (χ2n) is 8.50. The highest BCUT2D eigenvalue weighted by atomic mass is 32.1. The minimum atomic E-state index is -0.406. The van der Waals surface area contributed by atoms with Gasteiger partial charge in [-0.3, -0.25) is 0 Å². The average Bonchev–Trinajstić information content (AvgIpc) is 3.43. The molecule has 0 N–H and O–H groups in total. The number of nitrogens with zero attached hydrogens (tertiary/aromatic N) is 3. The molecule has 0 bridgehead atoms. The number of benzene rings is 5. The lowest BCUT2D eigenvalue weighted by Gasteiger charge is -2.09. The number of rotatable bonds is 4. The molecular formula is C33H21N3S. The van der Waals surface area contributed by atoms with E-state index in [-0.39, 0.29) is 29.7 Å². The molecule has 0 aliphatic heterocycles. The van der Waals surface area contributed by atoms with Gasteiger partial charge in [-0.1, -0.05) is 115 Å². The second kappa shape index (κ2) is 9.08. The first-order chi connectivity index (χ1) is 20.4. The summed E-state index contributed by atoms with van der Waals surface area (Å²) in [5, 5.41) is 1.73. The number of thiophene rings is 1. The summed E-state index contributed by atoms with van der Waals surface area (Å²) in [6, 6.07) is 29.6. The third-order valence-corrected chi connectivity index (χ3v) is 7.44. The van der Waals surface area contributed by atoms with Crippen LogP contribution in [0.2, 0.25) is 0 Å². The van der Waals surface area contributed by atoms with Crippen molar-refractivity contribution in [3.8, 4) is 45.3 Å². The Balaban J connectivity index is 1.51. The third kappa shape index (κ3) is 3.88. The highest BCUT2D eigenvalue weighted by Crippen LogP contribution is 2.43. The third-order valence-electron chi connectivity index (χ3n) is 6.23. The Labute approximate surface area is 225 Å². The summed E-state index contributed by atoms with van der Waals surface area (Å²) >= 11 is 1.56. The Morgan fingerprint density at radius 2 is 1.11 bits per heavy atom. The number of hydrogen-bond donors (Lipinski definition) is 0. The molecule has 3 nitrogen and oxygen atoms in total. The molecule has 37 heavy (non-hydrogen) atoms. The lowest BCUT2D eigenvalue weighted by atomic mass is 9.99. The van der Waals surface area contributed by atoms with Crippen LogP contribution in [0.5, 0.6) is 0 Å². The number of hydrogen-bond acceptors (Lipinski definition) is 4. The van der Waals surface area contributed by atoms with E-state index in [1.54, 1.807) is 11.3 Å². The van der Waals surface area contributed by atoms with Crippen molar-refractivity contribution in [1.82, 2.24) is 15.0 Å². The molecule has 0 amide bonds. The van der Waals surface area contributed by atoms with Crippen LogP contribution in [-0.2, 0) is 0 Å². The standard InChI is InChI=1S/C33H21N3S/c1-4-12-22(13-5-1)25-18-11-21-28-29(25)26-19-10-20-27(30(26)37-28)33-35-31(23-14-6-2-7-15-23)34-32(36-33)24-16-8-3-9-17-24/h1-21H/i1D,4D,5D,12D,13D. The van der Waals surface area contributed by atoms with E-state index in [1.807, 2.05) is 97.1 Å². The zero-order valence-corrected chi connectivity index (χ0v) is 20.3. The quantitative estimate of drug-likeness (QED) is 0.244. The van der Waals surface area contributed by atoms with Gasteiger partial charge in [-0.05, 0) is 23.3 Å². The van der Waals surface area contributed by atoms with Crippen LogP contribution in [0.1, 0.15) is 6.85 Å². The van der Waals surface area contributed by atoms with E-state index in [0.29, 0.717) is 23.0 Å². The normalized spacial score (nSPS) is 13.1. The van der Waals surface area contributed by atoms with E-state index in [4.69, 9.17) is 21.8 Å². The fourth-order valence-electron chi connectivity index (χ4n) is 4.55. The van der Waals surface area contributed by atoms with E-state index >= 15 is 0 Å². The fraction of sp³-hybridized carbons (Fsp3) is 0. The van der Waals surface area contributed by atoms with Crippen molar-refractivity contribution in [2.45, 2.75) is 0 Å². The van der Waals surface area contributed by atoms with Crippen molar-refractivity contribution in [3.05, 3.63) is 127 Å². The molecule has 0 atom stereocenters. The maximum Gasteiger partial charge on any atom is 0.165 e. The van der Waals surface area contributed by atoms with Crippen LogP contribution >= 0.6 is 11.3 Å². The molecular weight excluding hydrogens is 470 g/mol. The van der Waals surface area contributed by atoms with Crippen molar-refractivity contribution >= 4 is 31.5 Å². The fourth-order valence-corrected chi connectivity index (χ4v) is 5.78. The molecule has 0 saturated heterocycles. The Morgan fingerprint density at radius 1 is 0.514 bits per heavy atom. The van der Waals surface area contributed by atoms with E-state index in [0.717, 1.165) is 36.9 Å². The molecule has 0 aliphatic carbocycles. The van der Waals surface area contributed by atoms with Gasteiger partial charge >= 0.3 is 0 Å². The molecule has 0 radical (unpaired) electrons. The van der Waals surface area contributed by atoms with Crippen molar-refractivity contribution < 1.29 is 6.85 Å². The average molecular weight is 497 g/mol. The molecule has 0 spiro atoms. The molecule has 4 heteroatoms.